The largest absolute Gasteiger partial charge is 0.467 e. The highest BCUT2D eigenvalue weighted by atomic mass is 79.9. The predicted octanol–water partition coefficient (Wildman–Crippen LogP) is 2.33. The van der Waals surface area contributed by atoms with E-state index >= 15 is 0 Å². The van der Waals surface area contributed by atoms with Gasteiger partial charge in [0, 0.05) is 18.9 Å². The van der Waals surface area contributed by atoms with Crippen LogP contribution in [0.3, 0.4) is 0 Å². The molecule has 0 fully saturated rings. The van der Waals surface area contributed by atoms with Crippen LogP contribution in [-0.2, 0) is 24.4 Å². The maximum absolute atomic E-state index is 12.5. The van der Waals surface area contributed by atoms with E-state index in [-0.39, 0.29) is 24.7 Å². The highest BCUT2D eigenvalue weighted by Crippen LogP contribution is 2.16. The molecular weight excluding hydrogens is 416 g/mol. The molecular formula is C17H19BrN6O3. The fourth-order valence-electron chi connectivity index (χ4n) is 2.42. The number of hydrogen-bond donors (Lipinski definition) is 2. The average Bonchev–Trinajstić information content (AvgIpc) is 3.34. The number of nitrogens with zero attached hydrogens (tertiary/aromatic N) is 4. The number of rotatable bonds is 7. The van der Waals surface area contributed by atoms with E-state index in [1.807, 2.05) is 13.8 Å². The van der Waals surface area contributed by atoms with Crippen LogP contribution in [0.25, 0.3) is 0 Å². The number of nitrogens with one attached hydrogen (secondary N) is 2. The van der Waals surface area contributed by atoms with Gasteiger partial charge in [-0.15, -0.1) is 0 Å². The van der Waals surface area contributed by atoms with E-state index in [9.17, 15) is 9.59 Å². The Morgan fingerprint density at radius 1 is 1.26 bits per heavy atom. The number of hydrogen-bond acceptors (Lipinski definition) is 5. The lowest BCUT2D eigenvalue weighted by Gasteiger charge is -2.06. The van der Waals surface area contributed by atoms with Gasteiger partial charge in [0.25, 0.3) is 5.91 Å². The first-order valence-corrected chi connectivity index (χ1v) is 9.13. The van der Waals surface area contributed by atoms with E-state index in [1.165, 1.54) is 10.9 Å². The second kappa shape index (κ2) is 8.21. The molecule has 0 radical (unpaired) electrons. The first-order valence-electron chi connectivity index (χ1n) is 8.33. The van der Waals surface area contributed by atoms with Crippen LogP contribution in [0.15, 0.2) is 39.7 Å². The Morgan fingerprint density at radius 3 is 2.70 bits per heavy atom. The zero-order valence-electron chi connectivity index (χ0n) is 14.9. The number of carbonyl (C=O) groups excluding carboxylic acids is 2. The highest BCUT2D eigenvalue weighted by Gasteiger charge is 2.19. The van der Waals surface area contributed by atoms with Crippen LogP contribution in [0.4, 0.5) is 5.69 Å². The van der Waals surface area contributed by atoms with Crippen molar-refractivity contribution in [3.05, 3.63) is 52.4 Å². The van der Waals surface area contributed by atoms with E-state index in [0.29, 0.717) is 18.0 Å². The minimum atomic E-state index is -0.397. The number of carbonyl (C=O) groups is 2. The van der Waals surface area contributed by atoms with Gasteiger partial charge in [-0.1, -0.05) is 0 Å². The standard InChI is InChI=1S/C17H19BrN6O3/c1-3-23-9-14(20-15(25)10-24-8-13(18)11(2)21-24)16(22-23)17(26)19-7-12-5-4-6-27-12/h4-6,8-9H,3,7,10H2,1-2H3,(H,19,26)(H,20,25). The molecule has 0 unspecified atom stereocenters. The van der Waals surface area contributed by atoms with Crippen molar-refractivity contribution < 1.29 is 14.0 Å². The Balaban J connectivity index is 1.69. The molecule has 0 aliphatic heterocycles. The summed E-state index contributed by atoms with van der Waals surface area (Å²) in [6, 6.07) is 3.51. The van der Waals surface area contributed by atoms with Gasteiger partial charge in [0.05, 0.1) is 28.7 Å². The lowest BCUT2D eigenvalue weighted by Crippen LogP contribution is -2.26. The molecule has 0 aliphatic carbocycles. The van der Waals surface area contributed by atoms with Crippen molar-refractivity contribution in [2.24, 2.45) is 0 Å². The van der Waals surface area contributed by atoms with E-state index in [1.54, 1.807) is 29.2 Å². The molecule has 0 aromatic carbocycles. The van der Waals surface area contributed by atoms with E-state index in [2.05, 4.69) is 36.8 Å². The van der Waals surface area contributed by atoms with E-state index in [4.69, 9.17) is 4.42 Å². The number of aromatic nitrogens is 4. The summed E-state index contributed by atoms with van der Waals surface area (Å²) in [7, 11) is 0. The molecule has 0 saturated heterocycles. The molecule has 0 atom stereocenters. The molecule has 2 N–H and O–H groups in total. The second-order valence-corrected chi connectivity index (χ2v) is 6.67. The SMILES string of the molecule is CCn1cc(NC(=O)Cn2cc(Br)c(C)n2)c(C(=O)NCc2ccco2)n1. The summed E-state index contributed by atoms with van der Waals surface area (Å²) in [6.45, 7) is 4.56. The van der Waals surface area contributed by atoms with Gasteiger partial charge in [-0.25, -0.2) is 0 Å². The fraction of sp³-hybridized carbons (Fsp3) is 0.294. The van der Waals surface area contributed by atoms with Crippen LogP contribution >= 0.6 is 15.9 Å². The van der Waals surface area contributed by atoms with Gasteiger partial charge in [-0.3, -0.25) is 19.0 Å². The molecule has 3 heterocycles. The van der Waals surface area contributed by atoms with Gasteiger partial charge in [0.2, 0.25) is 5.91 Å². The zero-order valence-corrected chi connectivity index (χ0v) is 16.5. The Morgan fingerprint density at radius 2 is 2.07 bits per heavy atom. The summed E-state index contributed by atoms with van der Waals surface area (Å²) >= 11 is 3.36. The summed E-state index contributed by atoms with van der Waals surface area (Å²) in [5.74, 6) is -0.0733. The lowest BCUT2D eigenvalue weighted by molar-refractivity contribution is -0.116. The van der Waals surface area contributed by atoms with Crippen LogP contribution < -0.4 is 10.6 Å². The molecule has 0 saturated carbocycles. The van der Waals surface area contributed by atoms with Crippen LogP contribution in [0.5, 0.6) is 0 Å². The van der Waals surface area contributed by atoms with Crippen LogP contribution in [0, 0.1) is 6.92 Å². The minimum absolute atomic E-state index is 0.0250. The second-order valence-electron chi connectivity index (χ2n) is 5.82. The predicted molar refractivity (Wildman–Crippen MR) is 101 cm³/mol. The van der Waals surface area contributed by atoms with Crippen molar-refractivity contribution in [2.75, 3.05) is 5.32 Å². The van der Waals surface area contributed by atoms with Crippen molar-refractivity contribution in [1.82, 2.24) is 24.9 Å². The summed E-state index contributed by atoms with van der Waals surface area (Å²) in [5, 5.41) is 13.9. The lowest BCUT2D eigenvalue weighted by atomic mass is 10.3. The van der Waals surface area contributed by atoms with Gasteiger partial charge in [-0.2, -0.15) is 10.2 Å². The van der Waals surface area contributed by atoms with Gasteiger partial charge < -0.3 is 15.1 Å². The first kappa shape index (κ1) is 18.9. The maximum atomic E-state index is 12.5. The third kappa shape index (κ3) is 4.64. The Labute approximate surface area is 163 Å². The molecule has 142 valence electrons. The van der Waals surface area contributed by atoms with Gasteiger partial charge >= 0.3 is 0 Å². The van der Waals surface area contributed by atoms with E-state index < -0.39 is 5.91 Å². The van der Waals surface area contributed by atoms with Crippen molar-refractivity contribution in [3.8, 4) is 0 Å². The molecule has 2 amide bonds. The summed E-state index contributed by atoms with van der Waals surface area (Å²) in [5.41, 5.74) is 1.29. The molecule has 9 nitrogen and oxygen atoms in total. The fourth-order valence-corrected chi connectivity index (χ4v) is 2.73. The number of halogens is 1. The van der Waals surface area contributed by atoms with Crippen molar-refractivity contribution in [2.45, 2.75) is 33.5 Å². The normalized spacial score (nSPS) is 10.8. The van der Waals surface area contributed by atoms with E-state index in [0.717, 1.165) is 10.2 Å². The molecule has 0 aliphatic rings. The molecule has 10 heteroatoms. The average molecular weight is 435 g/mol. The van der Waals surface area contributed by atoms with Crippen molar-refractivity contribution in [1.29, 1.82) is 0 Å². The summed E-state index contributed by atoms with van der Waals surface area (Å²) < 4.78 is 9.13. The number of aryl methyl sites for hydroxylation is 2. The molecule has 3 aromatic heterocycles. The number of furan rings is 1. The quantitative estimate of drug-likeness (QED) is 0.593. The zero-order chi connectivity index (χ0) is 19.4. The molecule has 3 aromatic rings. The third-order valence-electron chi connectivity index (χ3n) is 3.77. The highest BCUT2D eigenvalue weighted by molar-refractivity contribution is 9.10. The molecule has 0 bridgehead atoms. The Kier molecular flexibility index (Phi) is 5.75. The van der Waals surface area contributed by atoms with Gasteiger partial charge in [0.1, 0.15) is 12.3 Å². The molecule has 3 rings (SSSR count). The first-order chi connectivity index (χ1) is 13.0. The number of amides is 2. The van der Waals surface area contributed by atoms with Crippen molar-refractivity contribution >= 4 is 33.4 Å². The van der Waals surface area contributed by atoms with Gasteiger partial charge in [0.15, 0.2) is 5.69 Å². The smallest absolute Gasteiger partial charge is 0.274 e. The van der Waals surface area contributed by atoms with Crippen LogP contribution in [-0.4, -0.2) is 31.4 Å². The molecule has 0 spiro atoms. The summed E-state index contributed by atoms with van der Waals surface area (Å²) in [4.78, 5) is 24.8. The van der Waals surface area contributed by atoms with Crippen LogP contribution in [0.2, 0.25) is 0 Å². The monoisotopic (exact) mass is 434 g/mol. The molecule has 27 heavy (non-hydrogen) atoms. The maximum Gasteiger partial charge on any atom is 0.274 e. The Bertz CT molecular complexity index is 925. The number of anilines is 1. The minimum Gasteiger partial charge on any atom is -0.467 e. The van der Waals surface area contributed by atoms with Gasteiger partial charge in [-0.05, 0) is 41.9 Å². The topological polar surface area (TPSA) is 107 Å². The Hall–Kier alpha value is -2.88. The van der Waals surface area contributed by atoms with Crippen LogP contribution in [0.1, 0.15) is 28.9 Å². The van der Waals surface area contributed by atoms with Crippen molar-refractivity contribution in [3.63, 3.8) is 0 Å². The summed E-state index contributed by atoms with van der Waals surface area (Å²) in [6.07, 6.45) is 4.89. The third-order valence-corrected chi connectivity index (χ3v) is 4.55.